The average Bonchev–Trinajstić information content (AvgIpc) is 3.34. The minimum Gasteiger partial charge on any atom is -0.497 e. The van der Waals surface area contributed by atoms with Crippen LogP contribution in [-0.4, -0.2) is 42.7 Å². The summed E-state index contributed by atoms with van der Waals surface area (Å²) in [5.41, 5.74) is 2.02. The highest BCUT2D eigenvalue weighted by atomic mass is 16.5. The maximum atomic E-state index is 12.6. The lowest BCUT2D eigenvalue weighted by Gasteiger charge is -2.10. The molecule has 3 heterocycles. The summed E-state index contributed by atoms with van der Waals surface area (Å²) in [7, 11) is 1.59. The van der Waals surface area contributed by atoms with Crippen LogP contribution in [0.4, 0.5) is 5.82 Å². The lowest BCUT2D eigenvalue weighted by molar-refractivity contribution is 0.101. The van der Waals surface area contributed by atoms with E-state index in [1.165, 1.54) is 0 Å². The molecule has 0 bridgehead atoms. The monoisotopic (exact) mass is 377 g/mol. The van der Waals surface area contributed by atoms with Crippen molar-refractivity contribution >= 4 is 22.8 Å². The summed E-state index contributed by atoms with van der Waals surface area (Å²) in [4.78, 5) is 24.4. The highest BCUT2D eigenvalue weighted by Crippen LogP contribution is 2.21. The summed E-state index contributed by atoms with van der Waals surface area (Å²) < 4.78 is 7.11. The van der Waals surface area contributed by atoms with Gasteiger partial charge in [-0.2, -0.15) is 0 Å². The van der Waals surface area contributed by atoms with Crippen LogP contribution in [0, 0.1) is 0 Å². The Labute approximate surface area is 160 Å². The van der Waals surface area contributed by atoms with Gasteiger partial charge in [-0.25, -0.2) is 9.97 Å². The number of rotatable bonds is 5. The highest BCUT2D eigenvalue weighted by molar-refractivity contribution is 6.03. The molecule has 1 aromatic carbocycles. The van der Waals surface area contributed by atoms with E-state index in [-0.39, 0.29) is 17.8 Å². The molecule has 0 radical (unpaired) electrons. The molecule has 0 aliphatic rings. The Balaban J connectivity index is 1.59. The third-order valence-electron chi connectivity index (χ3n) is 4.25. The zero-order valence-electron chi connectivity index (χ0n) is 15.7. The summed E-state index contributed by atoms with van der Waals surface area (Å²) in [5, 5.41) is 10.9. The van der Waals surface area contributed by atoms with Gasteiger partial charge in [0.2, 0.25) is 0 Å². The molecule has 9 nitrogen and oxygen atoms in total. The standard InChI is InChI=1S/C19H19N7O2/c1-11(2)26-10-20-25-18(26)14-5-4-6-16(21-14)24-19(27)17-22-13-8-7-12(28-3)9-15(13)23-17/h4-11H,1-3H3,(H,22,23)(H,21,24,27). The molecule has 4 rings (SSSR count). The van der Waals surface area contributed by atoms with Gasteiger partial charge in [0.05, 0.1) is 18.1 Å². The van der Waals surface area contributed by atoms with E-state index in [0.29, 0.717) is 28.6 Å². The van der Waals surface area contributed by atoms with Crippen molar-refractivity contribution in [2.24, 2.45) is 0 Å². The van der Waals surface area contributed by atoms with E-state index in [2.05, 4.69) is 30.5 Å². The number of imidazole rings is 1. The number of carbonyl (C=O) groups excluding carboxylic acids is 1. The Morgan fingerprint density at radius 2 is 2.07 bits per heavy atom. The number of fused-ring (bicyclic) bond motifs is 1. The van der Waals surface area contributed by atoms with Crippen molar-refractivity contribution in [1.82, 2.24) is 29.7 Å². The van der Waals surface area contributed by atoms with Crippen molar-refractivity contribution in [2.75, 3.05) is 12.4 Å². The number of hydrogen-bond donors (Lipinski definition) is 2. The Kier molecular flexibility index (Phi) is 4.48. The molecule has 0 saturated carbocycles. The molecule has 1 amide bonds. The maximum absolute atomic E-state index is 12.6. The van der Waals surface area contributed by atoms with Gasteiger partial charge in [0, 0.05) is 12.1 Å². The summed E-state index contributed by atoms with van der Waals surface area (Å²) >= 11 is 0. The van der Waals surface area contributed by atoms with E-state index in [9.17, 15) is 4.79 Å². The molecular formula is C19H19N7O2. The van der Waals surface area contributed by atoms with Crippen LogP contribution in [0.3, 0.4) is 0 Å². The van der Waals surface area contributed by atoms with Crippen LogP contribution in [0.5, 0.6) is 5.75 Å². The van der Waals surface area contributed by atoms with Crippen molar-refractivity contribution in [1.29, 1.82) is 0 Å². The van der Waals surface area contributed by atoms with Gasteiger partial charge in [-0.05, 0) is 38.1 Å². The topological polar surface area (TPSA) is 111 Å². The number of methoxy groups -OCH3 is 1. The van der Waals surface area contributed by atoms with Gasteiger partial charge >= 0.3 is 0 Å². The van der Waals surface area contributed by atoms with E-state index in [4.69, 9.17) is 4.74 Å². The molecule has 3 aromatic heterocycles. The number of anilines is 1. The normalized spacial score (nSPS) is 11.1. The number of aromatic nitrogens is 6. The van der Waals surface area contributed by atoms with Gasteiger partial charge in [-0.1, -0.05) is 6.07 Å². The number of pyridine rings is 1. The summed E-state index contributed by atoms with van der Waals surface area (Å²) in [6, 6.07) is 10.9. The maximum Gasteiger partial charge on any atom is 0.292 e. The molecule has 9 heteroatoms. The second-order valence-electron chi connectivity index (χ2n) is 6.49. The van der Waals surface area contributed by atoms with E-state index >= 15 is 0 Å². The number of carbonyl (C=O) groups is 1. The van der Waals surface area contributed by atoms with Crippen LogP contribution >= 0.6 is 0 Å². The minimum atomic E-state index is -0.384. The van der Waals surface area contributed by atoms with Gasteiger partial charge in [-0.15, -0.1) is 10.2 Å². The van der Waals surface area contributed by atoms with Gasteiger partial charge in [-0.3, -0.25) is 4.79 Å². The lowest BCUT2D eigenvalue weighted by Crippen LogP contribution is -2.15. The van der Waals surface area contributed by atoms with Crippen LogP contribution in [0.2, 0.25) is 0 Å². The Hall–Kier alpha value is -3.75. The number of hydrogen-bond acceptors (Lipinski definition) is 6. The van der Waals surface area contributed by atoms with Crippen LogP contribution in [0.1, 0.15) is 30.5 Å². The number of H-pyrrole nitrogens is 1. The summed E-state index contributed by atoms with van der Waals surface area (Å²) in [6.45, 7) is 4.07. The number of ether oxygens (including phenoxy) is 1. The number of nitrogens with one attached hydrogen (secondary N) is 2. The summed E-state index contributed by atoms with van der Waals surface area (Å²) in [6.07, 6.45) is 1.66. The van der Waals surface area contributed by atoms with Crippen molar-refractivity contribution in [3.63, 3.8) is 0 Å². The van der Waals surface area contributed by atoms with Gasteiger partial charge in [0.1, 0.15) is 23.6 Å². The number of nitrogens with zero attached hydrogens (tertiary/aromatic N) is 5. The van der Waals surface area contributed by atoms with Crippen molar-refractivity contribution in [3.8, 4) is 17.3 Å². The van der Waals surface area contributed by atoms with Gasteiger partial charge < -0.3 is 19.6 Å². The first-order chi connectivity index (χ1) is 13.5. The molecule has 0 spiro atoms. The molecule has 4 aromatic rings. The van der Waals surface area contributed by atoms with Gasteiger partial charge in [0.15, 0.2) is 11.6 Å². The molecule has 0 atom stereocenters. The number of benzene rings is 1. The molecular weight excluding hydrogens is 358 g/mol. The third-order valence-corrected chi connectivity index (χ3v) is 4.25. The third kappa shape index (κ3) is 3.29. The molecule has 0 fully saturated rings. The van der Waals surface area contributed by atoms with Crippen molar-refractivity contribution in [2.45, 2.75) is 19.9 Å². The average molecular weight is 377 g/mol. The second-order valence-corrected chi connectivity index (χ2v) is 6.49. The SMILES string of the molecule is COc1ccc2nc(C(=O)Nc3cccc(-c4nncn4C(C)C)n3)[nH]c2c1. The van der Waals surface area contributed by atoms with E-state index in [1.54, 1.807) is 43.8 Å². The molecule has 2 N–H and O–H groups in total. The smallest absolute Gasteiger partial charge is 0.292 e. The van der Waals surface area contributed by atoms with E-state index in [1.807, 2.05) is 24.5 Å². The minimum absolute atomic E-state index is 0.192. The van der Waals surface area contributed by atoms with E-state index in [0.717, 1.165) is 5.52 Å². The predicted molar refractivity (Wildman–Crippen MR) is 104 cm³/mol. The van der Waals surface area contributed by atoms with Crippen molar-refractivity contribution < 1.29 is 9.53 Å². The molecule has 142 valence electrons. The van der Waals surface area contributed by atoms with E-state index < -0.39 is 0 Å². The molecule has 0 unspecified atom stereocenters. The Morgan fingerprint density at radius 1 is 1.21 bits per heavy atom. The fourth-order valence-corrected chi connectivity index (χ4v) is 2.83. The first kappa shape index (κ1) is 17.7. The lowest BCUT2D eigenvalue weighted by atomic mass is 10.3. The number of aromatic amines is 1. The fraction of sp³-hybridized carbons (Fsp3) is 0.211. The largest absolute Gasteiger partial charge is 0.497 e. The van der Waals surface area contributed by atoms with Crippen LogP contribution < -0.4 is 10.1 Å². The zero-order chi connectivity index (χ0) is 19.7. The van der Waals surface area contributed by atoms with Crippen LogP contribution in [0.15, 0.2) is 42.7 Å². The molecule has 28 heavy (non-hydrogen) atoms. The highest BCUT2D eigenvalue weighted by Gasteiger charge is 2.15. The summed E-state index contributed by atoms with van der Waals surface area (Å²) in [5.74, 6) is 1.54. The molecule has 0 aliphatic carbocycles. The van der Waals surface area contributed by atoms with Crippen LogP contribution in [0.25, 0.3) is 22.6 Å². The molecule has 0 saturated heterocycles. The predicted octanol–water partition coefficient (Wildman–Crippen LogP) is 3.06. The molecule has 0 aliphatic heterocycles. The fourth-order valence-electron chi connectivity index (χ4n) is 2.83. The zero-order valence-corrected chi connectivity index (χ0v) is 15.7. The second kappa shape index (κ2) is 7.10. The quantitative estimate of drug-likeness (QED) is 0.553. The first-order valence-electron chi connectivity index (χ1n) is 8.77. The van der Waals surface area contributed by atoms with Gasteiger partial charge in [0.25, 0.3) is 5.91 Å². The number of amides is 1. The van der Waals surface area contributed by atoms with Crippen molar-refractivity contribution in [3.05, 3.63) is 48.5 Å². The first-order valence-corrected chi connectivity index (χ1v) is 8.77. The van der Waals surface area contributed by atoms with Crippen LogP contribution in [-0.2, 0) is 0 Å². The Morgan fingerprint density at radius 3 is 2.86 bits per heavy atom. The Bertz CT molecular complexity index is 1150.